The van der Waals surface area contributed by atoms with Crippen LogP contribution in [0.15, 0.2) is 35.9 Å². The number of hydrogen-bond donors (Lipinski definition) is 0. The molecule has 1 saturated heterocycles. The smallest absolute Gasteiger partial charge is 0.151 e. The van der Waals surface area contributed by atoms with E-state index in [9.17, 15) is 4.39 Å². The van der Waals surface area contributed by atoms with Gasteiger partial charge in [-0.2, -0.15) is 0 Å². The summed E-state index contributed by atoms with van der Waals surface area (Å²) in [5.74, 6) is 0.809. The van der Waals surface area contributed by atoms with Crippen LogP contribution in [0.2, 0.25) is 0 Å². The molecule has 2 aliphatic rings. The van der Waals surface area contributed by atoms with Crippen molar-refractivity contribution < 1.29 is 9.13 Å². The Balaban J connectivity index is 1.83. The molecule has 1 aliphatic carbocycles. The maximum atomic E-state index is 13.6. The van der Waals surface area contributed by atoms with Gasteiger partial charge in [-0.25, -0.2) is 4.39 Å². The molecule has 1 fully saturated rings. The van der Waals surface area contributed by atoms with Crippen LogP contribution < -0.4 is 0 Å². The summed E-state index contributed by atoms with van der Waals surface area (Å²) < 4.78 is 19.3. The highest BCUT2D eigenvalue weighted by Crippen LogP contribution is 2.21. The fraction of sp³-hybridized carbons (Fsp3) is 0.600. The highest BCUT2D eigenvalue weighted by atomic mass is 19.1. The topological polar surface area (TPSA) is 12.5 Å². The van der Waals surface area contributed by atoms with E-state index in [1.165, 1.54) is 12.8 Å². The lowest BCUT2D eigenvalue weighted by molar-refractivity contribution is 0.157. The highest BCUT2D eigenvalue weighted by Gasteiger charge is 2.16. The summed E-state index contributed by atoms with van der Waals surface area (Å²) in [7, 11) is 2.16. The predicted molar refractivity (Wildman–Crippen MR) is 71.8 cm³/mol. The monoisotopic (exact) mass is 251 g/mol. The van der Waals surface area contributed by atoms with Gasteiger partial charge in [0, 0.05) is 6.42 Å². The average Bonchev–Trinajstić information content (AvgIpc) is 2.68. The summed E-state index contributed by atoms with van der Waals surface area (Å²) in [5, 5.41) is 0. The zero-order valence-electron chi connectivity index (χ0n) is 11.1. The molecule has 0 spiro atoms. The average molecular weight is 251 g/mol. The third kappa shape index (κ3) is 3.98. The number of ether oxygens (including phenoxy) is 1. The highest BCUT2D eigenvalue weighted by molar-refractivity contribution is 5.25. The van der Waals surface area contributed by atoms with Crippen molar-refractivity contribution in [3.8, 4) is 0 Å². The number of halogens is 1. The van der Waals surface area contributed by atoms with Crippen LogP contribution in [0.25, 0.3) is 0 Å². The van der Waals surface area contributed by atoms with E-state index in [-0.39, 0.29) is 5.83 Å². The van der Waals surface area contributed by atoms with Crippen LogP contribution in [0.4, 0.5) is 4.39 Å². The second-order valence-electron chi connectivity index (χ2n) is 5.17. The maximum Gasteiger partial charge on any atom is 0.151 e. The molecule has 18 heavy (non-hydrogen) atoms. The van der Waals surface area contributed by atoms with Gasteiger partial charge < -0.3 is 9.64 Å². The first-order valence-corrected chi connectivity index (χ1v) is 6.79. The Morgan fingerprint density at radius 2 is 2.22 bits per heavy atom. The van der Waals surface area contributed by atoms with E-state index in [2.05, 4.69) is 11.9 Å². The van der Waals surface area contributed by atoms with Gasteiger partial charge in [-0.1, -0.05) is 18.2 Å². The Hall–Kier alpha value is -1.09. The Kier molecular flexibility index (Phi) is 5.00. The molecule has 0 aromatic heterocycles. The van der Waals surface area contributed by atoms with E-state index in [1.807, 2.05) is 18.2 Å². The van der Waals surface area contributed by atoms with Crippen LogP contribution in [-0.4, -0.2) is 31.6 Å². The molecule has 0 N–H and O–H groups in total. The van der Waals surface area contributed by atoms with E-state index in [0.29, 0.717) is 24.7 Å². The van der Waals surface area contributed by atoms with Crippen LogP contribution >= 0.6 is 0 Å². The third-order valence-electron chi connectivity index (χ3n) is 3.61. The lowest BCUT2D eigenvalue weighted by Crippen LogP contribution is -2.19. The van der Waals surface area contributed by atoms with Gasteiger partial charge in [-0.3, -0.25) is 0 Å². The molecule has 0 amide bonds. The van der Waals surface area contributed by atoms with Crippen LogP contribution in [-0.2, 0) is 4.74 Å². The largest absolute Gasteiger partial charge is 0.491 e. The van der Waals surface area contributed by atoms with Crippen LogP contribution in [0.5, 0.6) is 0 Å². The molecule has 0 aromatic carbocycles. The zero-order chi connectivity index (χ0) is 12.8. The minimum absolute atomic E-state index is 0.161. The van der Waals surface area contributed by atoms with Gasteiger partial charge in [0.1, 0.15) is 5.83 Å². The summed E-state index contributed by atoms with van der Waals surface area (Å²) >= 11 is 0. The lowest BCUT2D eigenvalue weighted by Gasteiger charge is -2.16. The van der Waals surface area contributed by atoms with Gasteiger partial charge in [0.2, 0.25) is 0 Å². The molecule has 100 valence electrons. The summed E-state index contributed by atoms with van der Waals surface area (Å²) in [4.78, 5) is 2.36. The van der Waals surface area contributed by atoms with Gasteiger partial charge in [0.05, 0.1) is 6.61 Å². The summed E-state index contributed by atoms with van der Waals surface area (Å²) in [6, 6.07) is 0. The van der Waals surface area contributed by atoms with Crippen LogP contribution in [0.1, 0.15) is 25.7 Å². The molecule has 3 heteroatoms. The molecule has 0 bridgehead atoms. The molecular weight excluding hydrogens is 229 g/mol. The first kappa shape index (κ1) is 13.3. The van der Waals surface area contributed by atoms with E-state index in [0.717, 1.165) is 19.5 Å². The molecule has 1 aliphatic heterocycles. The quantitative estimate of drug-likeness (QED) is 0.762. The predicted octanol–water partition coefficient (Wildman–Crippen LogP) is 3.43. The van der Waals surface area contributed by atoms with Crippen molar-refractivity contribution in [2.75, 3.05) is 26.7 Å². The molecule has 2 nitrogen and oxygen atoms in total. The second kappa shape index (κ2) is 6.74. The van der Waals surface area contributed by atoms with Crippen LogP contribution in [0.3, 0.4) is 0 Å². The normalized spacial score (nSPS) is 26.0. The van der Waals surface area contributed by atoms with Gasteiger partial charge >= 0.3 is 0 Å². The molecule has 1 heterocycles. The second-order valence-corrected chi connectivity index (χ2v) is 5.17. The number of allylic oxidation sites excluding steroid dienone is 5. The minimum atomic E-state index is -0.161. The van der Waals surface area contributed by atoms with Gasteiger partial charge in [-0.15, -0.1) is 0 Å². The number of nitrogens with zero attached hydrogens (tertiary/aromatic N) is 1. The number of rotatable bonds is 3. The summed E-state index contributed by atoms with van der Waals surface area (Å²) in [6.45, 7) is 2.92. The zero-order valence-corrected chi connectivity index (χ0v) is 11.1. The van der Waals surface area contributed by atoms with Crippen molar-refractivity contribution in [2.24, 2.45) is 5.92 Å². The summed E-state index contributed by atoms with van der Waals surface area (Å²) in [6.07, 6.45) is 11.1. The first-order chi connectivity index (χ1) is 8.75. The summed E-state index contributed by atoms with van der Waals surface area (Å²) in [5.41, 5.74) is 0. The third-order valence-corrected chi connectivity index (χ3v) is 3.61. The van der Waals surface area contributed by atoms with Gasteiger partial charge in [0.25, 0.3) is 0 Å². The Morgan fingerprint density at radius 3 is 3.11 bits per heavy atom. The van der Waals surface area contributed by atoms with Crippen molar-refractivity contribution in [1.82, 2.24) is 4.90 Å². The minimum Gasteiger partial charge on any atom is -0.491 e. The Bertz CT molecular complexity index is 360. The Labute approximate surface area is 109 Å². The molecular formula is C15H22FNO. The fourth-order valence-electron chi connectivity index (χ4n) is 2.39. The standard InChI is InChI=1S/C15H22FNO/c1-17-10-5-6-13(9-11-17)12-18-15-8-4-2-3-7-14(15)16/h2-4,8,13H,5-7,9-12H2,1H3. The van der Waals surface area contributed by atoms with E-state index in [4.69, 9.17) is 4.74 Å². The van der Waals surface area contributed by atoms with E-state index >= 15 is 0 Å². The molecule has 0 saturated carbocycles. The maximum absolute atomic E-state index is 13.6. The molecule has 2 rings (SSSR count). The fourth-order valence-corrected chi connectivity index (χ4v) is 2.39. The first-order valence-electron chi connectivity index (χ1n) is 6.79. The lowest BCUT2D eigenvalue weighted by atomic mass is 10.0. The van der Waals surface area contributed by atoms with Crippen molar-refractivity contribution in [3.63, 3.8) is 0 Å². The molecule has 1 atom stereocenters. The van der Waals surface area contributed by atoms with Crippen molar-refractivity contribution in [2.45, 2.75) is 25.7 Å². The Morgan fingerprint density at radius 1 is 1.33 bits per heavy atom. The van der Waals surface area contributed by atoms with Gasteiger partial charge in [0.15, 0.2) is 5.76 Å². The van der Waals surface area contributed by atoms with Crippen molar-refractivity contribution in [1.29, 1.82) is 0 Å². The number of hydrogen-bond acceptors (Lipinski definition) is 2. The van der Waals surface area contributed by atoms with Crippen molar-refractivity contribution in [3.05, 3.63) is 35.9 Å². The molecule has 0 aromatic rings. The van der Waals surface area contributed by atoms with E-state index < -0.39 is 0 Å². The van der Waals surface area contributed by atoms with Crippen LogP contribution in [0, 0.1) is 5.92 Å². The SMILES string of the molecule is CN1CCCC(COC2=C(F)CC=CC=C2)CC1. The molecule has 0 radical (unpaired) electrons. The molecule has 1 unspecified atom stereocenters. The van der Waals surface area contributed by atoms with Gasteiger partial charge in [-0.05, 0) is 51.4 Å². The van der Waals surface area contributed by atoms with Crippen molar-refractivity contribution >= 4 is 0 Å². The van der Waals surface area contributed by atoms with E-state index in [1.54, 1.807) is 6.08 Å². The number of likely N-dealkylation sites (tertiary alicyclic amines) is 1.